The van der Waals surface area contributed by atoms with E-state index >= 15 is 0 Å². The van der Waals surface area contributed by atoms with Gasteiger partial charge in [0.1, 0.15) is 0 Å². The van der Waals surface area contributed by atoms with Crippen LogP contribution >= 0.6 is 0 Å². The fourth-order valence-corrected chi connectivity index (χ4v) is 2.73. The van der Waals surface area contributed by atoms with E-state index in [1.807, 2.05) is 12.1 Å². The second kappa shape index (κ2) is 8.26. The van der Waals surface area contributed by atoms with E-state index < -0.39 is 22.9 Å². The molecule has 0 saturated heterocycles. The maximum atomic E-state index is 12.4. The molecule has 1 aromatic heterocycles. The smallest absolute Gasteiger partial charge is 0.311 e. The van der Waals surface area contributed by atoms with E-state index in [4.69, 9.17) is 4.74 Å². The summed E-state index contributed by atoms with van der Waals surface area (Å²) >= 11 is 0. The summed E-state index contributed by atoms with van der Waals surface area (Å²) in [5.41, 5.74) is 1.34. The molecule has 0 saturated carbocycles. The lowest BCUT2D eigenvalue weighted by Gasteiger charge is -2.14. The van der Waals surface area contributed by atoms with Crippen LogP contribution in [0.3, 0.4) is 0 Å². The van der Waals surface area contributed by atoms with Crippen LogP contribution in [0.4, 0.5) is 11.4 Å². The number of carbonyl (C=O) groups excluding carboxylic acids is 2. The van der Waals surface area contributed by atoms with Gasteiger partial charge in [-0.25, -0.2) is 0 Å². The van der Waals surface area contributed by atoms with Crippen LogP contribution in [0.25, 0.3) is 10.9 Å². The Kier molecular flexibility index (Phi) is 5.59. The first-order chi connectivity index (χ1) is 13.5. The summed E-state index contributed by atoms with van der Waals surface area (Å²) in [5.74, 6) is -1.23. The van der Waals surface area contributed by atoms with Gasteiger partial charge >= 0.3 is 5.97 Å². The third kappa shape index (κ3) is 4.29. The molecule has 1 amide bonds. The summed E-state index contributed by atoms with van der Waals surface area (Å²) in [5, 5.41) is 14.5. The van der Waals surface area contributed by atoms with Gasteiger partial charge in [-0.1, -0.05) is 24.3 Å². The maximum Gasteiger partial charge on any atom is 0.311 e. The molecule has 28 heavy (non-hydrogen) atoms. The van der Waals surface area contributed by atoms with Gasteiger partial charge in [0.2, 0.25) is 0 Å². The van der Waals surface area contributed by atoms with Gasteiger partial charge < -0.3 is 10.1 Å². The zero-order valence-electron chi connectivity index (χ0n) is 15.0. The first-order valence-corrected chi connectivity index (χ1v) is 8.52. The van der Waals surface area contributed by atoms with Crippen molar-refractivity contribution >= 4 is 34.2 Å². The van der Waals surface area contributed by atoms with Crippen LogP contribution in [-0.4, -0.2) is 27.9 Å². The Bertz CT molecular complexity index is 1050. The number of hydrogen-bond acceptors (Lipinski definition) is 6. The highest BCUT2D eigenvalue weighted by Crippen LogP contribution is 2.22. The van der Waals surface area contributed by atoms with Crippen molar-refractivity contribution in [2.75, 3.05) is 5.32 Å². The van der Waals surface area contributed by atoms with Crippen LogP contribution in [-0.2, 0) is 20.7 Å². The van der Waals surface area contributed by atoms with Crippen LogP contribution < -0.4 is 5.32 Å². The van der Waals surface area contributed by atoms with Crippen molar-refractivity contribution in [1.82, 2.24) is 4.98 Å². The number of benzene rings is 2. The van der Waals surface area contributed by atoms with Crippen molar-refractivity contribution in [2.24, 2.45) is 0 Å². The summed E-state index contributed by atoms with van der Waals surface area (Å²) in [6, 6.07) is 14.8. The highest BCUT2D eigenvalue weighted by molar-refractivity contribution is 6.02. The van der Waals surface area contributed by atoms with Crippen LogP contribution in [0.15, 0.2) is 60.8 Å². The van der Waals surface area contributed by atoms with E-state index in [1.54, 1.807) is 30.5 Å². The lowest BCUT2D eigenvalue weighted by molar-refractivity contribution is -0.385. The number of carbonyl (C=O) groups is 2. The van der Waals surface area contributed by atoms with E-state index in [0.717, 1.165) is 10.9 Å². The molecule has 1 unspecified atom stereocenters. The summed E-state index contributed by atoms with van der Waals surface area (Å²) in [6.07, 6.45) is 0.288. The van der Waals surface area contributed by atoms with Crippen LogP contribution in [0.1, 0.15) is 12.5 Å². The van der Waals surface area contributed by atoms with E-state index in [2.05, 4.69) is 10.3 Å². The third-order valence-electron chi connectivity index (χ3n) is 4.10. The predicted molar refractivity (Wildman–Crippen MR) is 103 cm³/mol. The normalized spacial score (nSPS) is 11.6. The minimum Gasteiger partial charge on any atom is -0.452 e. The zero-order chi connectivity index (χ0) is 20.1. The lowest BCUT2D eigenvalue weighted by Crippen LogP contribution is -2.30. The van der Waals surface area contributed by atoms with E-state index in [9.17, 15) is 19.7 Å². The number of esters is 1. The number of pyridine rings is 1. The standard InChI is InChI=1S/C20H17N3O5/c1-13(28-19(24)12-14-6-2-3-10-18(14)23(26)27)20(25)22-17-9-4-8-16-15(17)7-5-11-21-16/h2-11,13H,12H2,1H3,(H,22,25). The summed E-state index contributed by atoms with van der Waals surface area (Å²) in [7, 11) is 0. The Morgan fingerprint density at radius 1 is 1.14 bits per heavy atom. The first-order valence-electron chi connectivity index (χ1n) is 8.52. The first kappa shape index (κ1) is 19.0. The molecule has 8 nitrogen and oxygen atoms in total. The van der Waals surface area contributed by atoms with Crippen molar-refractivity contribution in [3.05, 3.63) is 76.5 Å². The lowest BCUT2D eigenvalue weighted by atomic mass is 10.1. The molecule has 3 aromatic rings. The van der Waals surface area contributed by atoms with Crippen LogP contribution in [0, 0.1) is 10.1 Å². The Morgan fingerprint density at radius 2 is 1.93 bits per heavy atom. The van der Waals surface area contributed by atoms with E-state index in [-0.39, 0.29) is 17.7 Å². The van der Waals surface area contributed by atoms with Gasteiger partial charge in [-0.2, -0.15) is 0 Å². The molecule has 2 aromatic carbocycles. The number of aromatic nitrogens is 1. The van der Waals surface area contributed by atoms with Gasteiger partial charge in [0, 0.05) is 23.2 Å². The Morgan fingerprint density at radius 3 is 2.71 bits per heavy atom. The predicted octanol–water partition coefficient (Wildman–Crippen LogP) is 3.26. The molecule has 1 N–H and O–H groups in total. The monoisotopic (exact) mass is 379 g/mol. The molecule has 0 fully saturated rings. The molecular weight excluding hydrogens is 362 g/mol. The fraction of sp³-hybridized carbons (Fsp3) is 0.150. The van der Waals surface area contributed by atoms with Crippen molar-refractivity contribution < 1.29 is 19.2 Å². The van der Waals surface area contributed by atoms with Crippen LogP contribution in [0.2, 0.25) is 0 Å². The molecule has 1 atom stereocenters. The van der Waals surface area contributed by atoms with E-state index in [1.165, 1.54) is 25.1 Å². The fourth-order valence-electron chi connectivity index (χ4n) is 2.73. The molecule has 3 rings (SSSR count). The second-order valence-electron chi connectivity index (χ2n) is 6.06. The highest BCUT2D eigenvalue weighted by Gasteiger charge is 2.21. The molecule has 0 aliphatic rings. The van der Waals surface area contributed by atoms with Gasteiger partial charge in [-0.15, -0.1) is 0 Å². The molecule has 0 bridgehead atoms. The minimum absolute atomic E-state index is 0.167. The quantitative estimate of drug-likeness (QED) is 0.400. The molecule has 142 valence electrons. The molecule has 0 spiro atoms. The molecule has 1 heterocycles. The van der Waals surface area contributed by atoms with Crippen molar-refractivity contribution in [3.8, 4) is 0 Å². The number of hydrogen-bond donors (Lipinski definition) is 1. The highest BCUT2D eigenvalue weighted by atomic mass is 16.6. The zero-order valence-corrected chi connectivity index (χ0v) is 15.0. The Balaban J connectivity index is 1.66. The van der Waals surface area contributed by atoms with Crippen LogP contribution in [0.5, 0.6) is 0 Å². The minimum atomic E-state index is -1.07. The maximum absolute atomic E-state index is 12.4. The number of ether oxygens (including phenoxy) is 1. The van der Waals surface area contributed by atoms with Gasteiger partial charge in [-0.3, -0.25) is 24.7 Å². The SMILES string of the molecule is CC(OC(=O)Cc1ccccc1[N+](=O)[O-])C(=O)Nc1cccc2ncccc12. The van der Waals surface area contributed by atoms with Gasteiger partial charge in [-0.05, 0) is 31.2 Å². The average molecular weight is 379 g/mol. The number of nitro benzene ring substituents is 1. The number of amides is 1. The number of nitrogens with one attached hydrogen (secondary N) is 1. The van der Waals surface area contributed by atoms with Crippen molar-refractivity contribution in [1.29, 1.82) is 0 Å². The Hall–Kier alpha value is -3.81. The third-order valence-corrected chi connectivity index (χ3v) is 4.10. The second-order valence-corrected chi connectivity index (χ2v) is 6.06. The molecule has 8 heteroatoms. The summed E-state index contributed by atoms with van der Waals surface area (Å²) in [6.45, 7) is 1.44. The topological polar surface area (TPSA) is 111 Å². The van der Waals surface area contributed by atoms with E-state index in [0.29, 0.717) is 5.69 Å². The molecular formula is C20H17N3O5. The van der Waals surface area contributed by atoms with Gasteiger partial charge in [0.15, 0.2) is 6.10 Å². The number of anilines is 1. The molecule has 0 aliphatic carbocycles. The average Bonchev–Trinajstić information content (AvgIpc) is 2.68. The molecule has 0 radical (unpaired) electrons. The number of nitrogens with zero attached hydrogens (tertiary/aromatic N) is 2. The molecule has 0 aliphatic heterocycles. The van der Waals surface area contributed by atoms with Gasteiger partial charge in [0.25, 0.3) is 11.6 Å². The number of rotatable bonds is 6. The van der Waals surface area contributed by atoms with Crippen molar-refractivity contribution in [3.63, 3.8) is 0 Å². The van der Waals surface area contributed by atoms with Crippen molar-refractivity contribution in [2.45, 2.75) is 19.4 Å². The Labute approximate surface area is 160 Å². The number of fused-ring (bicyclic) bond motifs is 1. The number of nitro groups is 1. The largest absolute Gasteiger partial charge is 0.452 e. The van der Waals surface area contributed by atoms with Gasteiger partial charge in [0.05, 0.1) is 22.5 Å². The summed E-state index contributed by atoms with van der Waals surface area (Å²) in [4.78, 5) is 39.2. The summed E-state index contributed by atoms with van der Waals surface area (Å²) < 4.78 is 5.15. The number of para-hydroxylation sites is 1.